The summed E-state index contributed by atoms with van der Waals surface area (Å²) in [6.07, 6.45) is 2.93. The SMILES string of the molecule is CCN(CC)S(=O)(=O)c1cc(C)c(C)c(NC(=O)C2CCC2)c1. The lowest BCUT2D eigenvalue weighted by molar-refractivity contribution is -0.122. The molecular weight excluding hydrogens is 312 g/mol. The molecule has 1 aliphatic rings. The van der Waals surface area contributed by atoms with Gasteiger partial charge in [-0.25, -0.2) is 8.42 Å². The Morgan fingerprint density at radius 3 is 2.30 bits per heavy atom. The molecule has 1 aliphatic carbocycles. The van der Waals surface area contributed by atoms with Gasteiger partial charge >= 0.3 is 0 Å². The second-order valence-electron chi connectivity index (χ2n) is 6.12. The molecule has 1 aromatic carbocycles. The van der Waals surface area contributed by atoms with E-state index in [2.05, 4.69) is 5.32 Å². The smallest absolute Gasteiger partial charge is 0.243 e. The molecule has 1 fully saturated rings. The van der Waals surface area contributed by atoms with Crippen molar-refractivity contribution < 1.29 is 13.2 Å². The first-order valence-electron chi connectivity index (χ1n) is 8.23. The van der Waals surface area contributed by atoms with Crippen molar-refractivity contribution in [3.63, 3.8) is 0 Å². The monoisotopic (exact) mass is 338 g/mol. The minimum absolute atomic E-state index is 0.00358. The van der Waals surface area contributed by atoms with Crippen LogP contribution in [0.4, 0.5) is 5.69 Å². The van der Waals surface area contributed by atoms with E-state index in [9.17, 15) is 13.2 Å². The molecule has 1 amide bonds. The minimum Gasteiger partial charge on any atom is -0.326 e. The maximum absolute atomic E-state index is 12.7. The first kappa shape index (κ1) is 17.9. The number of aryl methyl sites for hydroxylation is 1. The minimum atomic E-state index is -3.53. The Hall–Kier alpha value is -1.40. The Bertz CT molecular complexity index is 690. The highest BCUT2D eigenvalue weighted by Crippen LogP contribution is 2.30. The van der Waals surface area contributed by atoms with E-state index in [1.54, 1.807) is 12.1 Å². The highest BCUT2D eigenvalue weighted by atomic mass is 32.2. The van der Waals surface area contributed by atoms with E-state index >= 15 is 0 Å². The maximum atomic E-state index is 12.7. The molecule has 23 heavy (non-hydrogen) atoms. The molecule has 5 nitrogen and oxygen atoms in total. The Morgan fingerprint density at radius 1 is 1.22 bits per heavy atom. The largest absolute Gasteiger partial charge is 0.326 e. The summed E-state index contributed by atoms with van der Waals surface area (Å²) < 4.78 is 26.8. The molecule has 0 heterocycles. The van der Waals surface area contributed by atoms with Crippen LogP contribution in [0.3, 0.4) is 0 Å². The number of carbonyl (C=O) groups excluding carboxylic acids is 1. The molecule has 0 spiro atoms. The number of nitrogens with one attached hydrogen (secondary N) is 1. The molecule has 128 valence electrons. The number of nitrogens with zero attached hydrogens (tertiary/aromatic N) is 1. The molecular formula is C17H26N2O3S. The van der Waals surface area contributed by atoms with Gasteiger partial charge in [-0.05, 0) is 49.9 Å². The van der Waals surface area contributed by atoms with Crippen LogP contribution in [0.15, 0.2) is 17.0 Å². The number of carbonyl (C=O) groups is 1. The summed E-state index contributed by atoms with van der Waals surface area (Å²) in [5, 5.41) is 2.92. The lowest BCUT2D eigenvalue weighted by Crippen LogP contribution is -2.31. The van der Waals surface area contributed by atoms with Gasteiger partial charge in [0.1, 0.15) is 0 Å². The van der Waals surface area contributed by atoms with E-state index in [1.807, 2.05) is 27.7 Å². The van der Waals surface area contributed by atoms with Crippen molar-refractivity contribution in [2.75, 3.05) is 18.4 Å². The van der Waals surface area contributed by atoms with Gasteiger partial charge in [0.2, 0.25) is 15.9 Å². The number of rotatable bonds is 6. The Morgan fingerprint density at radius 2 is 1.83 bits per heavy atom. The van der Waals surface area contributed by atoms with Crippen molar-refractivity contribution in [1.29, 1.82) is 0 Å². The third-order valence-electron chi connectivity index (χ3n) is 4.72. The summed E-state index contributed by atoms with van der Waals surface area (Å²) in [5.74, 6) is 0.0638. The zero-order valence-electron chi connectivity index (χ0n) is 14.3. The Kier molecular flexibility index (Phi) is 5.47. The van der Waals surface area contributed by atoms with Crippen LogP contribution in [0, 0.1) is 19.8 Å². The quantitative estimate of drug-likeness (QED) is 0.867. The molecule has 0 atom stereocenters. The Balaban J connectivity index is 2.37. The van der Waals surface area contributed by atoms with Crippen molar-refractivity contribution >= 4 is 21.6 Å². The molecule has 0 bridgehead atoms. The molecule has 1 saturated carbocycles. The van der Waals surface area contributed by atoms with E-state index < -0.39 is 10.0 Å². The van der Waals surface area contributed by atoms with Gasteiger partial charge in [0.05, 0.1) is 4.90 Å². The molecule has 1 aromatic rings. The van der Waals surface area contributed by atoms with Gasteiger partial charge in [-0.1, -0.05) is 20.3 Å². The molecule has 0 unspecified atom stereocenters. The van der Waals surface area contributed by atoms with Crippen molar-refractivity contribution in [3.8, 4) is 0 Å². The molecule has 0 saturated heterocycles. The second kappa shape index (κ2) is 7.01. The van der Waals surface area contributed by atoms with Gasteiger partial charge in [-0.3, -0.25) is 4.79 Å². The van der Waals surface area contributed by atoms with Crippen LogP contribution in [0.25, 0.3) is 0 Å². The average molecular weight is 338 g/mol. The number of amides is 1. The fraction of sp³-hybridized carbons (Fsp3) is 0.588. The van der Waals surface area contributed by atoms with E-state index in [0.717, 1.165) is 30.4 Å². The van der Waals surface area contributed by atoms with Gasteiger partial charge in [-0.15, -0.1) is 0 Å². The van der Waals surface area contributed by atoms with Crippen LogP contribution in [0.5, 0.6) is 0 Å². The molecule has 1 N–H and O–H groups in total. The van der Waals surface area contributed by atoms with Crippen molar-refractivity contribution in [2.45, 2.75) is 51.9 Å². The standard InChI is InChI=1S/C17H26N2O3S/c1-5-19(6-2)23(21,22)15-10-12(3)13(4)16(11-15)18-17(20)14-8-7-9-14/h10-11,14H,5-9H2,1-4H3,(H,18,20). The number of hydrogen-bond donors (Lipinski definition) is 1. The average Bonchev–Trinajstić information content (AvgIpc) is 2.42. The van der Waals surface area contributed by atoms with Crippen molar-refractivity contribution in [2.24, 2.45) is 5.92 Å². The molecule has 6 heteroatoms. The predicted molar refractivity (Wildman–Crippen MR) is 92.0 cm³/mol. The number of hydrogen-bond acceptors (Lipinski definition) is 3. The van der Waals surface area contributed by atoms with E-state index in [-0.39, 0.29) is 16.7 Å². The van der Waals surface area contributed by atoms with Gasteiger partial charge < -0.3 is 5.32 Å². The highest BCUT2D eigenvalue weighted by molar-refractivity contribution is 7.89. The van der Waals surface area contributed by atoms with Crippen LogP contribution >= 0.6 is 0 Å². The third kappa shape index (κ3) is 3.58. The first-order chi connectivity index (χ1) is 10.8. The summed E-state index contributed by atoms with van der Waals surface area (Å²) in [6, 6.07) is 3.27. The molecule has 0 radical (unpaired) electrons. The fourth-order valence-electron chi connectivity index (χ4n) is 2.72. The van der Waals surface area contributed by atoms with Crippen molar-refractivity contribution in [1.82, 2.24) is 4.31 Å². The van der Waals surface area contributed by atoms with Gasteiger partial charge in [-0.2, -0.15) is 4.31 Å². The van der Waals surface area contributed by atoms with Gasteiger partial charge in [0.15, 0.2) is 0 Å². The molecule has 0 aliphatic heterocycles. The maximum Gasteiger partial charge on any atom is 0.243 e. The summed E-state index contributed by atoms with van der Waals surface area (Å²) in [5.41, 5.74) is 2.38. The number of sulfonamides is 1. The lowest BCUT2D eigenvalue weighted by Gasteiger charge is -2.25. The summed E-state index contributed by atoms with van der Waals surface area (Å²) in [7, 11) is -3.53. The van der Waals surface area contributed by atoms with Crippen LogP contribution in [-0.4, -0.2) is 31.7 Å². The summed E-state index contributed by atoms with van der Waals surface area (Å²) in [4.78, 5) is 12.4. The molecule has 2 rings (SSSR count). The normalized spacial score (nSPS) is 15.5. The Labute approximate surface area is 139 Å². The second-order valence-corrected chi connectivity index (χ2v) is 8.06. The highest BCUT2D eigenvalue weighted by Gasteiger charge is 2.27. The fourth-order valence-corrected chi connectivity index (χ4v) is 4.29. The summed E-state index contributed by atoms with van der Waals surface area (Å²) in [6.45, 7) is 8.27. The van der Waals surface area contributed by atoms with E-state index in [4.69, 9.17) is 0 Å². The van der Waals surface area contributed by atoms with Gasteiger partial charge in [0, 0.05) is 24.7 Å². The van der Waals surface area contributed by atoms with E-state index in [0.29, 0.717) is 18.8 Å². The van der Waals surface area contributed by atoms with Crippen molar-refractivity contribution in [3.05, 3.63) is 23.3 Å². The first-order valence-corrected chi connectivity index (χ1v) is 9.67. The van der Waals surface area contributed by atoms with Gasteiger partial charge in [0.25, 0.3) is 0 Å². The predicted octanol–water partition coefficient (Wildman–Crippen LogP) is 3.07. The molecule has 0 aromatic heterocycles. The number of anilines is 1. The zero-order valence-corrected chi connectivity index (χ0v) is 15.2. The third-order valence-corrected chi connectivity index (χ3v) is 6.75. The van der Waals surface area contributed by atoms with Crippen LogP contribution < -0.4 is 5.32 Å². The lowest BCUT2D eigenvalue weighted by atomic mass is 9.84. The van der Waals surface area contributed by atoms with Crippen LogP contribution in [-0.2, 0) is 14.8 Å². The number of benzene rings is 1. The van der Waals surface area contributed by atoms with E-state index in [1.165, 1.54) is 4.31 Å². The summed E-state index contributed by atoms with van der Waals surface area (Å²) >= 11 is 0. The zero-order chi connectivity index (χ0) is 17.2. The topological polar surface area (TPSA) is 66.5 Å². The van der Waals surface area contributed by atoms with Crippen LogP contribution in [0.1, 0.15) is 44.2 Å². The van der Waals surface area contributed by atoms with Crippen LogP contribution in [0.2, 0.25) is 0 Å².